The normalized spacial score (nSPS) is 17.2. The van der Waals surface area contributed by atoms with Gasteiger partial charge in [0.1, 0.15) is 5.82 Å². The zero-order chi connectivity index (χ0) is 14.1. The van der Waals surface area contributed by atoms with Crippen molar-refractivity contribution in [2.45, 2.75) is 25.4 Å². The molecule has 1 nitrogen and oxygen atoms in total. The molecule has 1 unspecified atom stereocenters. The molecule has 0 saturated heterocycles. The number of hydrogen-bond donors (Lipinski definition) is 1. The van der Waals surface area contributed by atoms with Gasteiger partial charge in [0.15, 0.2) is 0 Å². The van der Waals surface area contributed by atoms with Gasteiger partial charge in [0.2, 0.25) is 0 Å². The van der Waals surface area contributed by atoms with E-state index in [4.69, 9.17) is 23.2 Å². The molecule has 1 aliphatic carbocycles. The Morgan fingerprint density at radius 2 is 2.00 bits per heavy atom. The molecule has 3 rings (SSSR count). The van der Waals surface area contributed by atoms with Gasteiger partial charge in [0.05, 0.1) is 5.02 Å². The zero-order valence-electron chi connectivity index (χ0n) is 10.8. The highest BCUT2D eigenvalue weighted by Crippen LogP contribution is 2.33. The van der Waals surface area contributed by atoms with Crippen LogP contribution in [0.5, 0.6) is 0 Å². The maximum Gasteiger partial charge on any atom is 0.141 e. The van der Waals surface area contributed by atoms with E-state index in [9.17, 15) is 4.39 Å². The van der Waals surface area contributed by atoms with E-state index < -0.39 is 0 Å². The first-order valence-electron chi connectivity index (χ1n) is 6.59. The number of halogens is 3. The number of hydrogen-bond acceptors (Lipinski definition) is 1. The molecular formula is C16H14Cl2FN. The summed E-state index contributed by atoms with van der Waals surface area (Å²) in [7, 11) is 0. The second kappa shape index (κ2) is 5.72. The molecular weight excluding hydrogens is 296 g/mol. The lowest BCUT2D eigenvalue weighted by Gasteiger charge is -2.14. The highest BCUT2D eigenvalue weighted by Gasteiger charge is 2.21. The highest BCUT2D eigenvalue weighted by atomic mass is 35.5. The molecule has 2 aromatic carbocycles. The van der Waals surface area contributed by atoms with Gasteiger partial charge in [-0.05, 0) is 53.8 Å². The summed E-state index contributed by atoms with van der Waals surface area (Å²) in [5, 5.41) is 4.45. The number of rotatable bonds is 3. The molecule has 0 aromatic heterocycles. The fourth-order valence-electron chi connectivity index (χ4n) is 2.69. The zero-order valence-corrected chi connectivity index (χ0v) is 12.3. The van der Waals surface area contributed by atoms with E-state index in [1.54, 1.807) is 12.1 Å². The lowest BCUT2D eigenvalue weighted by molar-refractivity contribution is 0.529. The first-order valence-corrected chi connectivity index (χ1v) is 7.35. The molecule has 1 N–H and O–H groups in total. The molecule has 1 atom stereocenters. The quantitative estimate of drug-likeness (QED) is 0.849. The first kappa shape index (κ1) is 13.9. The molecule has 0 amide bonds. The van der Waals surface area contributed by atoms with Crippen molar-refractivity contribution in [3.05, 3.63) is 69.0 Å². The van der Waals surface area contributed by atoms with Gasteiger partial charge < -0.3 is 5.32 Å². The summed E-state index contributed by atoms with van der Waals surface area (Å²) >= 11 is 11.8. The van der Waals surface area contributed by atoms with Crippen molar-refractivity contribution < 1.29 is 4.39 Å². The van der Waals surface area contributed by atoms with E-state index >= 15 is 0 Å². The molecule has 20 heavy (non-hydrogen) atoms. The average Bonchev–Trinajstić information content (AvgIpc) is 2.82. The summed E-state index contributed by atoms with van der Waals surface area (Å²) in [6.07, 6.45) is 2.10. The number of benzene rings is 2. The van der Waals surface area contributed by atoms with Gasteiger partial charge in [0.25, 0.3) is 0 Å². The predicted octanol–water partition coefficient (Wildman–Crippen LogP) is 4.91. The first-order chi connectivity index (χ1) is 9.63. The van der Waals surface area contributed by atoms with E-state index in [2.05, 4.69) is 11.4 Å². The third-order valence-electron chi connectivity index (χ3n) is 3.72. The summed E-state index contributed by atoms with van der Waals surface area (Å²) in [6.45, 7) is 0.673. The molecule has 104 valence electrons. The van der Waals surface area contributed by atoms with Crippen molar-refractivity contribution >= 4 is 23.2 Å². The smallest absolute Gasteiger partial charge is 0.141 e. The third kappa shape index (κ3) is 2.83. The summed E-state index contributed by atoms with van der Waals surface area (Å²) in [6, 6.07) is 11.2. The molecule has 0 saturated carbocycles. The molecule has 0 heterocycles. The Balaban J connectivity index is 1.70. The van der Waals surface area contributed by atoms with E-state index in [1.165, 1.54) is 17.2 Å². The standard InChI is InChI=1S/C16H14Cl2FN/c17-12-3-4-13-11(8-12)2-6-16(13)20-9-10-1-5-15(19)14(18)7-10/h1,3-5,7-8,16,20H,2,6,9H2. The fraction of sp³-hybridized carbons (Fsp3) is 0.250. The lowest BCUT2D eigenvalue weighted by Crippen LogP contribution is -2.18. The SMILES string of the molecule is Fc1ccc(CNC2CCc3cc(Cl)ccc32)cc1Cl. The number of nitrogens with one attached hydrogen (secondary N) is 1. The summed E-state index contributed by atoms with van der Waals surface area (Å²) in [5.74, 6) is -0.378. The summed E-state index contributed by atoms with van der Waals surface area (Å²) < 4.78 is 13.1. The monoisotopic (exact) mass is 309 g/mol. The summed E-state index contributed by atoms with van der Waals surface area (Å²) in [4.78, 5) is 0. The Kier molecular flexibility index (Phi) is 3.97. The van der Waals surface area contributed by atoms with E-state index in [-0.39, 0.29) is 10.8 Å². The Morgan fingerprint density at radius 3 is 2.80 bits per heavy atom. The predicted molar refractivity (Wildman–Crippen MR) is 80.8 cm³/mol. The lowest BCUT2D eigenvalue weighted by atomic mass is 10.1. The van der Waals surface area contributed by atoms with Crippen LogP contribution in [0.1, 0.15) is 29.2 Å². The maximum atomic E-state index is 13.1. The minimum Gasteiger partial charge on any atom is -0.306 e. The van der Waals surface area contributed by atoms with Crippen molar-refractivity contribution in [3.63, 3.8) is 0 Å². The Hall–Kier alpha value is -1.09. The van der Waals surface area contributed by atoms with Gasteiger partial charge in [-0.3, -0.25) is 0 Å². The molecule has 0 radical (unpaired) electrons. The van der Waals surface area contributed by atoms with Crippen molar-refractivity contribution in [1.29, 1.82) is 0 Å². The summed E-state index contributed by atoms with van der Waals surface area (Å²) in [5.41, 5.74) is 3.61. The van der Waals surface area contributed by atoms with Crippen LogP contribution in [0, 0.1) is 5.82 Å². The largest absolute Gasteiger partial charge is 0.306 e. The topological polar surface area (TPSA) is 12.0 Å². The average molecular weight is 310 g/mol. The van der Waals surface area contributed by atoms with Crippen molar-refractivity contribution in [2.24, 2.45) is 0 Å². The minimum absolute atomic E-state index is 0.169. The van der Waals surface area contributed by atoms with Crippen LogP contribution in [0.4, 0.5) is 4.39 Å². The second-order valence-electron chi connectivity index (χ2n) is 5.06. The van der Waals surface area contributed by atoms with Crippen LogP contribution >= 0.6 is 23.2 Å². The van der Waals surface area contributed by atoms with Crippen LogP contribution in [-0.2, 0) is 13.0 Å². The molecule has 1 aliphatic rings. The molecule has 0 aliphatic heterocycles. The van der Waals surface area contributed by atoms with Gasteiger partial charge in [-0.25, -0.2) is 4.39 Å². The molecule has 0 bridgehead atoms. The van der Waals surface area contributed by atoms with E-state index in [1.807, 2.05) is 12.1 Å². The van der Waals surface area contributed by atoms with Crippen molar-refractivity contribution in [2.75, 3.05) is 0 Å². The molecule has 4 heteroatoms. The van der Waals surface area contributed by atoms with E-state index in [0.29, 0.717) is 12.6 Å². The van der Waals surface area contributed by atoms with Gasteiger partial charge >= 0.3 is 0 Å². The Labute approximate surface area is 127 Å². The third-order valence-corrected chi connectivity index (χ3v) is 4.24. The van der Waals surface area contributed by atoms with Crippen LogP contribution in [0.3, 0.4) is 0 Å². The minimum atomic E-state index is -0.378. The van der Waals surface area contributed by atoms with Gasteiger partial charge in [-0.2, -0.15) is 0 Å². The van der Waals surface area contributed by atoms with Crippen molar-refractivity contribution in [3.8, 4) is 0 Å². The van der Waals surface area contributed by atoms with Crippen LogP contribution in [0.25, 0.3) is 0 Å². The number of fused-ring (bicyclic) bond motifs is 1. The second-order valence-corrected chi connectivity index (χ2v) is 5.91. The highest BCUT2D eigenvalue weighted by molar-refractivity contribution is 6.31. The van der Waals surface area contributed by atoms with Gasteiger partial charge in [-0.1, -0.05) is 35.3 Å². The molecule has 2 aromatic rings. The molecule has 0 spiro atoms. The Bertz CT molecular complexity index is 642. The van der Waals surface area contributed by atoms with E-state index in [0.717, 1.165) is 23.4 Å². The fourth-order valence-corrected chi connectivity index (χ4v) is 3.09. The van der Waals surface area contributed by atoms with Crippen LogP contribution < -0.4 is 5.32 Å². The van der Waals surface area contributed by atoms with Crippen molar-refractivity contribution in [1.82, 2.24) is 5.32 Å². The van der Waals surface area contributed by atoms with Gasteiger partial charge in [0, 0.05) is 17.6 Å². The van der Waals surface area contributed by atoms with Crippen LogP contribution in [0.2, 0.25) is 10.0 Å². The van der Waals surface area contributed by atoms with Crippen LogP contribution in [-0.4, -0.2) is 0 Å². The van der Waals surface area contributed by atoms with Crippen LogP contribution in [0.15, 0.2) is 36.4 Å². The molecule has 0 fully saturated rings. The Morgan fingerprint density at radius 1 is 1.15 bits per heavy atom. The van der Waals surface area contributed by atoms with Gasteiger partial charge in [-0.15, -0.1) is 0 Å². The maximum absolute atomic E-state index is 13.1. The number of aryl methyl sites for hydroxylation is 1.